The van der Waals surface area contributed by atoms with E-state index in [1.54, 1.807) is 0 Å². The number of morpholine rings is 1. The maximum absolute atomic E-state index is 12.7. The molecule has 0 spiro atoms. The van der Waals surface area contributed by atoms with Crippen LogP contribution in [0.25, 0.3) is 0 Å². The second-order valence-electron chi connectivity index (χ2n) is 6.18. The number of amides is 1. The van der Waals surface area contributed by atoms with E-state index in [9.17, 15) is 4.79 Å². The maximum atomic E-state index is 12.7. The van der Waals surface area contributed by atoms with Gasteiger partial charge in [-0.3, -0.25) is 9.69 Å². The second-order valence-corrected chi connectivity index (χ2v) is 6.18. The van der Waals surface area contributed by atoms with Gasteiger partial charge in [0, 0.05) is 38.6 Å². The Morgan fingerprint density at radius 1 is 1.33 bits per heavy atom. The summed E-state index contributed by atoms with van der Waals surface area (Å²) in [5, 5.41) is 0. The quantitative estimate of drug-likeness (QED) is 0.806. The van der Waals surface area contributed by atoms with Crippen LogP contribution in [0.4, 0.5) is 0 Å². The van der Waals surface area contributed by atoms with Crippen LogP contribution in [0, 0.1) is 0 Å². The molecule has 1 aromatic rings. The zero-order valence-electron chi connectivity index (χ0n) is 13.0. The molecule has 0 saturated carbocycles. The summed E-state index contributed by atoms with van der Waals surface area (Å²) in [4.78, 5) is 21.3. The average molecular weight is 292 g/mol. The van der Waals surface area contributed by atoms with Crippen molar-refractivity contribution in [3.63, 3.8) is 0 Å². The van der Waals surface area contributed by atoms with Gasteiger partial charge in [-0.25, -0.2) is 4.98 Å². The first-order valence-corrected chi connectivity index (χ1v) is 7.73. The molecule has 0 aromatic carbocycles. The minimum Gasteiger partial charge on any atom is -0.372 e. The lowest BCUT2D eigenvalue weighted by Gasteiger charge is -2.39. The molecule has 6 nitrogen and oxygen atoms in total. The van der Waals surface area contributed by atoms with Crippen LogP contribution in [0.5, 0.6) is 0 Å². The van der Waals surface area contributed by atoms with E-state index in [4.69, 9.17) is 4.74 Å². The monoisotopic (exact) mass is 292 g/mol. The highest BCUT2D eigenvalue weighted by Gasteiger charge is 2.32. The predicted octanol–water partition coefficient (Wildman–Crippen LogP) is 0.723. The number of carbonyl (C=O) groups is 1. The molecule has 21 heavy (non-hydrogen) atoms. The highest BCUT2D eigenvalue weighted by Crippen LogP contribution is 2.17. The fourth-order valence-electron chi connectivity index (χ4n) is 3.30. The molecule has 1 aromatic heterocycles. The van der Waals surface area contributed by atoms with Gasteiger partial charge in [-0.2, -0.15) is 0 Å². The minimum absolute atomic E-state index is 0.104. The first-order valence-electron chi connectivity index (χ1n) is 7.73. The van der Waals surface area contributed by atoms with Crippen molar-refractivity contribution >= 4 is 5.91 Å². The van der Waals surface area contributed by atoms with Gasteiger partial charge in [0.25, 0.3) is 0 Å². The molecule has 3 rings (SSSR count). The highest BCUT2D eigenvalue weighted by molar-refractivity contribution is 5.81. The number of imidazole rings is 1. The van der Waals surface area contributed by atoms with Crippen molar-refractivity contribution in [3.05, 3.63) is 18.2 Å². The highest BCUT2D eigenvalue weighted by atomic mass is 16.5. The normalized spacial score (nSPS) is 28.2. The zero-order chi connectivity index (χ0) is 15.0. The summed E-state index contributed by atoms with van der Waals surface area (Å²) in [6.07, 6.45) is 4.07. The number of nitrogens with zero attached hydrogens (tertiary/aromatic N) is 4. The number of fused-ring (bicyclic) bond motifs is 1. The van der Waals surface area contributed by atoms with Crippen LogP contribution in [-0.2, 0) is 22.6 Å². The van der Waals surface area contributed by atoms with E-state index in [2.05, 4.69) is 14.5 Å². The summed E-state index contributed by atoms with van der Waals surface area (Å²) in [7, 11) is 0. The molecule has 2 aliphatic heterocycles. The Balaban J connectivity index is 1.65. The molecule has 1 saturated heterocycles. The molecule has 6 heteroatoms. The summed E-state index contributed by atoms with van der Waals surface area (Å²) < 4.78 is 7.87. The number of carbonyl (C=O) groups excluding carboxylic acids is 1. The van der Waals surface area contributed by atoms with Gasteiger partial charge in [-0.05, 0) is 20.8 Å². The van der Waals surface area contributed by atoms with Crippen LogP contribution in [0.1, 0.15) is 26.6 Å². The van der Waals surface area contributed by atoms with Gasteiger partial charge in [0.15, 0.2) is 0 Å². The number of hydrogen-bond donors (Lipinski definition) is 0. The fraction of sp³-hybridized carbons (Fsp3) is 0.733. The molecule has 116 valence electrons. The van der Waals surface area contributed by atoms with E-state index in [0.717, 1.165) is 25.5 Å². The first-order chi connectivity index (χ1) is 10.0. The minimum atomic E-state index is -0.104. The summed E-state index contributed by atoms with van der Waals surface area (Å²) in [6, 6.07) is -0.104. The van der Waals surface area contributed by atoms with Crippen LogP contribution in [0.3, 0.4) is 0 Å². The zero-order valence-corrected chi connectivity index (χ0v) is 13.0. The molecule has 2 aliphatic rings. The molecule has 0 bridgehead atoms. The van der Waals surface area contributed by atoms with Crippen molar-refractivity contribution in [3.8, 4) is 0 Å². The molecule has 0 unspecified atom stereocenters. The maximum Gasteiger partial charge on any atom is 0.239 e. The molecule has 0 aliphatic carbocycles. The topological polar surface area (TPSA) is 50.6 Å². The van der Waals surface area contributed by atoms with Gasteiger partial charge in [0.05, 0.1) is 24.8 Å². The molecule has 1 fully saturated rings. The molecular formula is C15H24N4O2. The van der Waals surface area contributed by atoms with Crippen LogP contribution in [0.15, 0.2) is 12.4 Å². The summed E-state index contributed by atoms with van der Waals surface area (Å²) in [6.45, 7) is 9.98. The van der Waals surface area contributed by atoms with Crippen molar-refractivity contribution in [2.45, 2.75) is 52.1 Å². The number of aromatic nitrogens is 2. The number of rotatable bonds is 2. The molecule has 0 radical (unpaired) electrons. The van der Waals surface area contributed by atoms with Gasteiger partial charge >= 0.3 is 0 Å². The van der Waals surface area contributed by atoms with Crippen LogP contribution in [0.2, 0.25) is 0 Å². The Bertz CT molecular complexity index is 506. The van der Waals surface area contributed by atoms with E-state index >= 15 is 0 Å². The van der Waals surface area contributed by atoms with E-state index in [1.807, 2.05) is 38.1 Å². The molecular weight excluding hydrogens is 268 g/mol. The molecule has 3 atom stereocenters. The second kappa shape index (κ2) is 5.77. The van der Waals surface area contributed by atoms with Crippen molar-refractivity contribution in [2.24, 2.45) is 0 Å². The number of hydrogen-bond acceptors (Lipinski definition) is 4. The largest absolute Gasteiger partial charge is 0.372 e. The Morgan fingerprint density at radius 3 is 2.76 bits per heavy atom. The lowest BCUT2D eigenvalue weighted by Crippen LogP contribution is -2.55. The third kappa shape index (κ3) is 2.96. The van der Waals surface area contributed by atoms with Crippen LogP contribution in [-0.4, -0.2) is 63.1 Å². The van der Waals surface area contributed by atoms with E-state index in [0.29, 0.717) is 13.1 Å². The lowest BCUT2D eigenvalue weighted by molar-refractivity contribution is -0.148. The van der Waals surface area contributed by atoms with Crippen molar-refractivity contribution in [1.29, 1.82) is 0 Å². The van der Waals surface area contributed by atoms with Crippen molar-refractivity contribution < 1.29 is 9.53 Å². The van der Waals surface area contributed by atoms with Gasteiger partial charge in [-0.1, -0.05) is 0 Å². The third-order valence-corrected chi connectivity index (χ3v) is 4.41. The average Bonchev–Trinajstić information content (AvgIpc) is 2.92. The van der Waals surface area contributed by atoms with Crippen LogP contribution < -0.4 is 0 Å². The SMILES string of the molecule is C[C@@H]1CN(C(=O)[C@H](C)N2CCn3ccnc3C2)C[C@H](C)O1. The number of ether oxygens (including phenoxy) is 1. The van der Waals surface area contributed by atoms with Gasteiger partial charge in [-0.15, -0.1) is 0 Å². The van der Waals surface area contributed by atoms with Crippen LogP contribution >= 0.6 is 0 Å². The van der Waals surface area contributed by atoms with Gasteiger partial charge < -0.3 is 14.2 Å². The Morgan fingerprint density at radius 2 is 2.05 bits per heavy atom. The third-order valence-electron chi connectivity index (χ3n) is 4.41. The van der Waals surface area contributed by atoms with Crippen molar-refractivity contribution in [1.82, 2.24) is 19.4 Å². The molecule has 3 heterocycles. The predicted molar refractivity (Wildman–Crippen MR) is 78.7 cm³/mol. The Labute approximate surface area is 125 Å². The smallest absolute Gasteiger partial charge is 0.239 e. The molecule has 0 N–H and O–H groups in total. The van der Waals surface area contributed by atoms with E-state index in [1.165, 1.54) is 0 Å². The van der Waals surface area contributed by atoms with Gasteiger partial charge in [0.1, 0.15) is 5.82 Å². The van der Waals surface area contributed by atoms with Gasteiger partial charge in [0.2, 0.25) is 5.91 Å². The lowest BCUT2D eigenvalue weighted by atomic mass is 10.1. The van der Waals surface area contributed by atoms with E-state index in [-0.39, 0.29) is 24.2 Å². The Kier molecular flexibility index (Phi) is 3.99. The van der Waals surface area contributed by atoms with Crippen molar-refractivity contribution in [2.75, 3.05) is 19.6 Å². The summed E-state index contributed by atoms with van der Waals surface area (Å²) in [5.41, 5.74) is 0. The summed E-state index contributed by atoms with van der Waals surface area (Å²) >= 11 is 0. The molecule has 1 amide bonds. The first kappa shape index (κ1) is 14.5. The van der Waals surface area contributed by atoms with E-state index < -0.39 is 0 Å². The Hall–Kier alpha value is -1.40. The summed E-state index contributed by atoms with van der Waals surface area (Å²) in [5.74, 6) is 1.25. The standard InChI is InChI=1S/C15H24N4O2/c1-11-8-19(9-12(2)21-11)15(20)13(3)18-7-6-17-5-4-16-14(17)10-18/h4-5,11-13H,6-10H2,1-3H3/t11-,12+,13-/m0/s1. The fourth-order valence-corrected chi connectivity index (χ4v) is 3.30.